The number of carbonyl (C=O) groups excluding carboxylic acids is 1. The lowest BCUT2D eigenvalue weighted by molar-refractivity contribution is -0.0390. The van der Waals surface area contributed by atoms with E-state index in [9.17, 15) is 9.59 Å². The van der Waals surface area contributed by atoms with Crippen LogP contribution < -0.4 is 5.56 Å². The Hall–Kier alpha value is -2.67. The topological polar surface area (TPSA) is 86.2 Å². The van der Waals surface area contributed by atoms with Crippen LogP contribution in [-0.4, -0.2) is 34.5 Å². The second-order valence-electron chi connectivity index (χ2n) is 5.90. The fourth-order valence-electron chi connectivity index (χ4n) is 3.15. The number of nitrogens with zero attached hydrogens (tertiary/aromatic N) is 2. The summed E-state index contributed by atoms with van der Waals surface area (Å²) in [6.07, 6.45) is 4.74. The van der Waals surface area contributed by atoms with Crippen LogP contribution in [0.1, 0.15) is 35.8 Å². The lowest BCUT2D eigenvalue weighted by Gasteiger charge is -2.22. The number of hydrogen-bond acceptors (Lipinski definition) is 5. The summed E-state index contributed by atoms with van der Waals surface area (Å²) >= 11 is 0. The molecule has 1 unspecified atom stereocenters. The van der Waals surface area contributed by atoms with E-state index in [-0.39, 0.29) is 11.8 Å². The summed E-state index contributed by atoms with van der Waals surface area (Å²) in [5, 5.41) is 6.00. The Balaban J connectivity index is 1.88. The highest BCUT2D eigenvalue weighted by molar-refractivity contribution is 6.05. The lowest BCUT2D eigenvalue weighted by atomic mass is 10.1. The molecule has 24 heavy (non-hydrogen) atoms. The summed E-state index contributed by atoms with van der Waals surface area (Å²) in [6, 6.07) is 5.10. The van der Waals surface area contributed by atoms with Gasteiger partial charge in [-0.2, -0.15) is 5.10 Å². The van der Waals surface area contributed by atoms with Gasteiger partial charge in [-0.3, -0.25) is 4.79 Å². The fraction of sp³-hybridized carbons (Fsp3) is 0.353. The molecule has 7 heteroatoms. The van der Waals surface area contributed by atoms with Crippen LogP contribution in [0.3, 0.4) is 0 Å². The van der Waals surface area contributed by atoms with E-state index in [1.807, 2.05) is 6.20 Å². The Labute approximate surface area is 137 Å². The molecule has 1 N–H and O–H groups in total. The monoisotopic (exact) mass is 327 g/mol. The van der Waals surface area contributed by atoms with Gasteiger partial charge in [0.2, 0.25) is 0 Å². The fourth-order valence-corrected chi connectivity index (χ4v) is 3.15. The number of ether oxygens (including phenoxy) is 2. The highest BCUT2D eigenvalue weighted by Crippen LogP contribution is 2.26. The van der Waals surface area contributed by atoms with Crippen molar-refractivity contribution >= 4 is 27.8 Å². The first-order valence-electron chi connectivity index (χ1n) is 7.92. The number of esters is 1. The van der Waals surface area contributed by atoms with Crippen LogP contribution in [0.5, 0.6) is 0 Å². The van der Waals surface area contributed by atoms with Crippen molar-refractivity contribution in [2.24, 2.45) is 0 Å². The van der Waals surface area contributed by atoms with Gasteiger partial charge in [-0.1, -0.05) is 6.07 Å². The van der Waals surface area contributed by atoms with E-state index < -0.39 is 5.97 Å². The number of H-pyrrole nitrogens is 1. The molecule has 3 aromatic rings. The summed E-state index contributed by atoms with van der Waals surface area (Å²) in [7, 11) is 1.33. The van der Waals surface area contributed by atoms with E-state index in [1.165, 1.54) is 7.11 Å². The van der Waals surface area contributed by atoms with Crippen molar-refractivity contribution in [2.45, 2.75) is 25.5 Å². The van der Waals surface area contributed by atoms with Crippen molar-refractivity contribution < 1.29 is 14.3 Å². The zero-order valence-corrected chi connectivity index (χ0v) is 13.2. The van der Waals surface area contributed by atoms with Crippen LogP contribution in [0, 0.1) is 0 Å². The number of rotatable bonds is 2. The first-order chi connectivity index (χ1) is 11.7. The second-order valence-corrected chi connectivity index (χ2v) is 5.90. The largest absolute Gasteiger partial charge is 0.465 e. The number of fused-ring (bicyclic) bond motifs is 3. The van der Waals surface area contributed by atoms with Crippen LogP contribution >= 0.6 is 0 Å². The first kappa shape index (κ1) is 14.9. The molecule has 0 radical (unpaired) electrons. The summed E-state index contributed by atoms with van der Waals surface area (Å²) in [5.41, 5.74) is 1.07. The molecule has 3 heterocycles. The van der Waals surface area contributed by atoms with Crippen molar-refractivity contribution in [1.82, 2.24) is 14.8 Å². The van der Waals surface area contributed by atoms with Crippen LogP contribution in [-0.2, 0) is 9.47 Å². The average molecular weight is 327 g/mol. The van der Waals surface area contributed by atoms with E-state index in [2.05, 4.69) is 10.1 Å². The van der Waals surface area contributed by atoms with Crippen molar-refractivity contribution in [2.75, 3.05) is 13.7 Å². The molecule has 0 spiro atoms. The Bertz CT molecular complexity index is 983. The van der Waals surface area contributed by atoms with Gasteiger partial charge in [-0.05, 0) is 31.4 Å². The number of nitrogens with one attached hydrogen (secondary N) is 1. The van der Waals surface area contributed by atoms with E-state index in [0.717, 1.165) is 30.0 Å². The lowest BCUT2D eigenvalue weighted by Crippen LogP contribution is -2.18. The molecule has 0 aliphatic carbocycles. The van der Waals surface area contributed by atoms with E-state index >= 15 is 0 Å². The predicted octanol–water partition coefficient (Wildman–Crippen LogP) is 2.36. The van der Waals surface area contributed by atoms with Crippen molar-refractivity contribution in [3.8, 4) is 0 Å². The number of hydrogen-bond donors (Lipinski definition) is 1. The van der Waals surface area contributed by atoms with Crippen LogP contribution in [0.25, 0.3) is 21.8 Å². The predicted molar refractivity (Wildman–Crippen MR) is 88.0 cm³/mol. The maximum absolute atomic E-state index is 12.4. The quantitative estimate of drug-likeness (QED) is 0.730. The molecule has 1 aliphatic rings. The summed E-state index contributed by atoms with van der Waals surface area (Å²) < 4.78 is 12.2. The minimum absolute atomic E-state index is 0.130. The molecule has 0 amide bonds. The maximum Gasteiger partial charge on any atom is 0.337 e. The van der Waals surface area contributed by atoms with Gasteiger partial charge in [0.05, 0.1) is 12.7 Å². The van der Waals surface area contributed by atoms with Crippen LogP contribution in [0.15, 0.2) is 29.2 Å². The van der Waals surface area contributed by atoms with E-state index in [4.69, 9.17) is 9.47 Å². The number of benzene rings is 1. The molecule has 1 aliphatic heterocycles. The van der Waals surface area contributed by atoms with Gasteiger partial charge in [-0.15, -0.1) is 0 Å². The van der Waals surface area contributed by atoms with Gasteiger partial charge in [0.1, 0.15) is 6.23 Å². The van der Waals surface area contributed by atoms with Gasteiger partial charge in [0.15, 0.2) is 5.52 Å². The number of methoxy groups -OCH3 is 1. The first-order valence-corrected chi connectivity index (χ1v) is 7.92. The highest BCUT2D eigenvalue weighted by Gasteiger charge is 2.19. The van der Waals surface area contributed by atoms with Gasteiger partial charge >= 0.3 is 5.97 Å². The third-order valence-corrected chi connectivity index (χ3v) is 4.38. The summed E-state index contributed by atoms with van der Waals surface area (Å²) in [5.74, 6) is -0.441. The van der Waals surface area contributed by atoms with Crippen molar-refractivity contribution in [3.63, 3.8) is 0 Å². The van der Waals surface area contributed by atoms with Crippen molar-refractivity contribution in [1.29, 1.82) is 0 Å². The molecule has 1 aromatic carbocycles. The Morgan fingerprint density at radius 1 is 1.38 bits per heavy atom. The second kappa shape index (κ2) is 5.76. The zero-order valence-electron chi connectivity index (χ0n) is 13.2. The summed E-state index contributed by atoms with van der Waals surface area (Å²) in [6.45, 7) is 0.709. The Kier molecular flexibility index (Phi) is 3.57. The SMILES string of the molecule is COC(=O)c1ccc2c(c1)[nH]c(=O)c1nn(C3CCCCO3)cc12. The molecule has 1 saturated heterocycles. The number of aromatic amines is 1. The number of aromatic nitrogens is 3. The third kappa shape index (κ3) is 2.37. The van der Waals surface area contributed by atoms with Gasteiger partial charge < -0.3 is 14.5 Å². The van der Waals surface area contributed by atoms with E-state index in [1.54, 1.807) is 22.9 Å². The minimum atomic E-state index is -0.441. The Morgan fingerprint density at radius 2 is 2.25 bits per heavy atom. The maximum atomic E-state index is 12.4. The van der Waals surface area contributed by atoms with Gasteiger partial charge in [0.25, 0.3) is 5.56 Å². The molecular formula is C17H17N3O4. The number of carbonyl (C=O) groups is 1. The molecule has 0 saturated carbocycles. The molecule has 7 nitrogen and oxygen atoms in total. The molecule has 1 fully saturated rings. The average Bonchev–Trinajstić information content (AvgIpc) is 3.07. The number of pyridine rings is 1. The van der Waals surface area contributed by atoms with Crippen LogP contribution in [0.4, 0.5) is 0 Å². The molecule has 124 valence electrons. The molecule has 2 aromatic heterocycles. The Morgan fingerprint density at radius 3 is 3.00 bits per heavy atom. The van der Waals surface area contributed by atoms with Crippen LogP contribution in [0.2, 0.25) is 0 Å². The van der Waals surface area contributed by atoms with Gasteiger partial charge in [0, 0.05) is 29.1 Å². The molecular weight excluding hydrogens is 310 g/mol. The van der Waals surface area contributed by atoms with Gasteiger partial charge in [-0.25, -0.2) is 9.48 Å². The smallest absolute Gasteiger partial charge is 0.337 e. The molecule has 0 bridgehead atoms. The normalized spacial score (nSPS) is 18.1. The van der Waals surface area contributed by atoms with E-state index in [0.29, 0.717) is 23.2 Å². The standard InChI is InChI=1S/C17H17N3O4/c1-23-17(22)10-5-6-11-12-9-20(14-4-2-3-7-24-14)19-15(12)16(21)18-13(11)8-10/h5-6,8-9,14H,2-4,7H2,1H3,(H,18,21). The molecule has 4 rings (SSSR count). The molecule has 1 atom stereocenters. The van der Waals surface area contributed by atoms with Crippen molar-refractivity contribution in [3.05, 3.63) is 40.3 Å². The zero-order chi connectivity index (χ0) is 16.7. The third-order valence-electron chi connectivity index (χ3n) is 4.38. The highest BCUT2D eigenvalue weighted by atomic mass is 16.5. The minimum Gasteiger partial charge on any atom is -0.465 e. The summed E-state index contributed by atoms with van der Waals surface area (Å²) in [4.78, 5) is 26.8.